The van der Waals surface area contributed by atoms with Crippen molar-refractivity contribution in [1.82, 2.24) is 30.4 Å². The molecule has 4 rings (SSSR count). The molecule has 0 fully saturated rings. The second kappa shape index (κ2) is 17.3. The normalized spacial score (nSPS) is 11.4. The number of aliphatic hydroxyl groups excluding tert-OH is 1. The summed E-state index contributed by atoms with van der Waals surface area (Å²) in [5.41, 5.74) is 5.91. The summed E-state index contributed by atoms with van der Waals surface area (Å²) in [5, 5.41) is 17.0. The molecule has 3 N–H and O–H groups in total. The van der Waals surface area contributed by atoms with Gasteiger partial charge in [-0.05, 0) is 47.4 Å². The molecule has 2 aromatic heterocycles. The van der Waals surface area contributed by atoms with Crippen LogP contribution in [0.3, 0.4) is 0 Å². The summed E-state index contributed by atoms with van der Waals surface area (Å²) in [5.74, 6) is 0. The van der Waals surface area contributed by atoms with E-state index in [1.54, 1.807) is 0 Å². The van der Waals surface area contributed by atoms with Gasteiger partial charge in [-0.2, -0.15) is 0 Å². The van der Waals surface area contributed by atoms with E-state index in [2.05, 4.69) is 78.9 Å². The van der Waals surface area contributed by atoms with Crippen LogP contribution in [-0.4, -0.2) is 64.3 Å². The van der Waals surface area contributed by atoms with E-state index in [0.717, 1.165) is 76.7 Å². The summed E-state index contributed by atoms with van der Waals surface area (Å²) in [7, 11) is 0. The maximum Gasteiger partial charge on any atom is 0.0959 e. The number of aromatic nitrogens is 2. The zero-order valence-electron chi connectivity index (χ0n) is 23.3. The number of pyridine rings is 2. The van der Waals surface area contributed by atoms with E-state index in [9.17, 15) is 5.11 Å². The van der Waals surface area contributed by atoms with Crippen LogP contribution in [0.4, 0.5) is 0 Å². The standard InChI is InChI=1S/C33H42N6O/c40-28-39(21-16-29-8-2-1-3-9-29)27-31-14-12-30(13-15-31)26-38(22-19-34-24-32-10-4-6-17-36-32)23-20-35-25-33-11-5-7-18-37-33/h1-15,17-18,34-35,40H,16,19-28H2. The maximum absolute atomic E-state index is 9.89. The highest BCUT2D eigenvalue weighted by atomic mass is 16.3. The lowest BCUT2D eigenvalue weighted by molar-refractivity contribution is 0.102. The molecule has 210 valence electrons. The van der Waals surface area contributed by atoms with Gasteiger partial charge in [-0.15, -0.1) is 0 Å². The van der Waals surface area contributed by atoms with Crippen molar-refractivity contribution in [3.05, 3.63) is 131 Å². The number of hydrogen-bond donors (Lipinski definition) is 3. The van der Waals surface area contributed by atoms with Gasteiger partial charge < -0.3 is 15.7 Å². The minimum absolute atomic E-state index is 0.0549. The van der Waals surface area contributed by atoms with Crippen molar-refractivity contribution in [3.8, 4) is 0 Å². The zero-order valence-corrected chi connectivity index (χ0v) is 23.3. The maximum atomic E-state index is 9.89. The van der Waals surface area contributed by atoms with Crippen LogP contribution in [0, 0.1) is 0 Å². The van der Waals surface area contributed by atoms with E-state index < -0.39 is 0 Å². The van der Waals surface area contributed by atoms with Crippen LogP contribution in [-0.2, 0) is 32.6 Å². The molecular formula is C33H42N6O. The fourth-order valence-corrected chi connectivity index (χ4v) is 4.58. The third kappa shape index (κ3) is 11.0. The first-order chi connectivity index (χ1) is 19.8. The number of hydrogen-bond acceptors (Lipinski definition) is 7. The highest BCUT2D eigenvalue weighted by Gasteiger charge is 2.09. The van der Waals surface area contributed by atoms with E-state index in [4.69, 9.17) is 0 Å². The Balaban J connectivity index is 1.26. The van der Waals surface area contributed by atoms with Crippen LogP contribution in [0.15, 0.2) is 103 Å². The smallest absolute Gasteiger partial charge is 0.0959 e. The van der Waals surface area contributed by atoms with Crippen molar-refractivity contribution in [3.63, 3.8) is 0 Å². The number of nitrogens with one attached hydrogen (secondary N) is 2. The van der Waals surface area contributed by atoms with Crippen LogP contribution in [0.5, 0.6) is 0 Å². The van der Waals surface area contributed by atoms with E-state index in [1.165, 1.54) is 16.7 Å². The molecule has 0 bridgehead atoms. The molecule has 2 aromatic carbocycles. The van der Waals surface area contributed by atoms with Crippen LogP contribution in [0.25, 0.3) is 0 Å². The van der Waals surface area contributed by atoms with Gasteiger partial charge in [0, 0.05) is 71.3 Å². The summed E-state index contributed by atoms with van der Waals surface area (Å²) < 4.78 is 0. The van der Waals surface area contributed by atoms with Gasteiger partial charge in [-0.3, -0.25) is 19.8 Å². The fourth-order valence-electron chi connectivity index (χ4n) is 4.58. The third-order valence-corrected chi connectivity index (χ3v) is 6.87. The van der Waals surface area contributed by atoms with Gasteiger partial charge in [0.15, 0.2) is 0 Å². The van der Waals surface area contributed by atoms with Crippen molar-refractivity contribution in [2.45, 2.75) is 32.6 Å². The van der Waals surface area contributed by atoms with Gasteiger partial charge in [-0.1, -0.05) is 66.7 Å². The van der Waals surface area contributed by atoms with Gasteiger partial charge >= 0.3 is 0 Å². The monoisotopic (exact) mass is 538 g/mol. The molecule has 0 atom stereocenters. The molecular weight excluding hydrogens is 496 g/mol. The fraction of sp³-hybridized carbons (Fsp3) is 0.333. The average molecular weight is 539 g/mol. The Labute approximate surface area is 238 Å². The molecule has 40 heavy (non-hydrogen) atoms. The molecule has 0 aliphatic heterocycles. The van der Waals surface area contributed by atoms with Crippen LogP contribution >= 0.6 is 0 Å². The zero-order chi connectivity index (χ0) is 27.7. The van der Waals surface area contributed by atoms with Crippen LogP contribution in [0.1, 0.15) is 28.1 Å². The Morgan fingerprint density at radius 2 is 1.07 bits per heavy atom. The first kappa shape index (κ1) is 29.5. The lowest BCUT2D eigenvalue weighted by Crippen LogP contribution is -2.36. The number of rotatable bonds is 18. The van der Waals surface area contributed by atoms with Crippen molar-refractivity contribution in [2.24, 2.45) is 0 Å². The SMILES string of the molecule is OCN(CCc1ccccc1)Cc1ccc(CN(CCNCc2ccccn2)CCNCc2ccccn2)cc1. The Kier molecular flexibility index (Phi) is 12.8. The Hall–Kier alpha value is -3.46. The quantitative estimate of drug-likeness (QED) is 0.131. The Bertz CT molecular complexity index is 1140. The first-order valence-corrected chi connectivity index (χ1v) is 14.2. The first-order valence-electron chi connectivity index (χ1n) is 14.2. The average Bonchev–Trinajstić information content (AvgIpc) is 3.01. The van der Waals surface area contributed by atoms with Crippen molar-refractivity contribution >= 4 is 0 Å². The van der Waals surface area contributed by atoms with Crippen molar-refractivity contribution in [2.75, 3.05) is 39.5 Å². The van der Waals surface area contributed by atoms with E-state index in [1.807, 2.05) is 54.9 Å². The molecule has 4 aromatic rings. The van der Waals surface area contributed by atoms with Gasteiger partial charge in [0.1, 0.15) is 0 Å². The number of benzene rings is 2. The molecule has 0 radical (unpaired) electrons. The molecule has 7 nitrogen and oxygen atoms in total. The van der Waals surface area contributed by atoms with E-state index in [0.29, 0.717) is 0 Å². The molecule has 0 saturated carbocycles. The molecule has 0 unspecified atom stereocenters. The highest BCUT2D eigenvalue weighted by Crippen LogP contribution is 2.11. The van der Waals surface area contributed by atoms with Crippen LogP contribution in [0.2, 0.25) is 0 Å². The van der Waals surface area contributed by atoms with E-state index in [-0.39, 0.29) is 6.73 Å². The molecule has 0 aliphatic rings. The van der Waals surface area contributed by atoms with Gasteiger partial charge in [-0.25, -0.2) is 0 Å². The highest BCUT2D eigenvalue weighted by molar-refractivity contribution is 5.23. The lowest BCUT2D eigenvalue weighted by Gasteiger charge is -2.23. The molecule has 2 heterocycles. The number of aliphatic hydroxyl groups is 1. The third-order valence-electron chi connectivity index (χ3n) is 6.87. The summed E-state index contributed by atoms with van der Waals surface area (Å²) >= 11 is 0. The second-order valence-electron chi connectivity index (χ2n) is 10.0. The molecule has 0 aliphatic carbocycles. The summed E-state index contributed by atoms with van der Waals surface area (Å²) in [6, 6.07) is 31.3. The summed E-state index contributed by atoms with van der Waals surface area (Å²) in [6.45, 7) is 7.71. The van der Waals surface area contributed by atoms with Gasteiger partial charge in [0.05, 0.1) is 18.1 Å². The van der Waals surface area contributed by atoms with Crippen molar-refractivity contribution < 1.29 is 5.11 Å². The molecule has 7 heteroatoms. The number of nitrogens with zero attached hydrogens (tertiary/aromatic N) is 4. The molecule has 0 saturated heterocycles. The Morgan fingerprint density at radius 1 is 0.550 bits per heavy atom. The van der Waals surface area contributed by atoms with Crippen LogP contribution < -0.4 is 10.6 Å². The molecule has 0 spiro atoms. The van der Waals surface area contributed by atoms with Gasteiger partial charge in [0.25, 0.3) is 0 Å². The minimum atomic E-state index is 0.0549. The van der Waals surface area contributed by atoms with Crippen molar-refractivity contribution in [1.29, 1.82) is 0 Å². The largest absolute Gasteiger partial charge is 0.381 e. The predicted octanol–water partition coefficient (Wildman–Crippen LogP) is 3.85. The second-order valence-corrected chi connectivity index (χ2v) is 10.0. The lowest BCUT2D eigenvalue weighted by atomic mass is 10.1. The summed E-state index contributed by atoms with van der Waals surface area (Å²) in [4.78, 5) is 13.4. The minimum Gasteiger partial charge on any atom is -0.381 e. The molecule has 0 amide bonds. The topological polar surface area (TPSA) is 76.6 Å². The Morgan fingerprint density at radius 3 is 1.57 bits per heavy atom. The van der Waals surface area contributed by atoms with Gasteiger partial charge in [0.2, 0.25) is 0 Å². The predicted molar refractivity (Wildman–Crippen MR) is 161 cm³/mol. The summed E-state index contributed by atoms with van der Waals surface area (Å²) in [6.07, 6.45) is 4.60. The van der Waals surface area contributed by atoms with E-state index >= 15 is 0 Å².